The van der Waals surface area contributed by atoms with Gasteiger partial charge >= 0.3 is 0 Å². The maximum atomic E-state index is 12.9. The van der Waals surface area contributed by atoms with Crippen LogP contribution in [0.5, 0.6) is 11.5 Å². The van der Waals surface area contributed by atoms with Gasteiger partial charge in [0.25, 0.3) is 0 Å². The number of phenols is 2. The summed E-state index contributed by atoms with van der Waals surface area (Å²) in [6, 6.07) is 23.0. The lowest BCUT2D eigenvalue weighted by Crippen LogP contribution is -2.01. The molecule has 1 atom stereocenters. The smallest absolute Gasteiger partial charge is 0.185 e. The number of benzene rings is 4. The summed E-state index contributed by atoms with van der Waals surface area (Å²) >= 11 is 3.28. The molecule has 0 radical (unpaired) electrons. The Morgan fingerprint density at radius 1 is 0.688 bits per heavy atom. The number of thioether (sulfide) groups is 2. The van der Waals surface area contributed by atoms with Gasteiger partial charge in [0.2, 0.25) is 0 Å². The second-order valence-electron chi connectivity index (χ2n) is 12.4. The fourth-order valence-corrected chi connectivity index (χ4v) is 6.58. The van der Waals surface area contributed by atoms with Crippen molar-refractivity contribution in [3.63, 3.8) is 0 Å². The van der Waals surface area contributed by atoms with Crippen molar-refractivity contribution in [1.82, 2.24) is 0 Å². The van der Waals surface area contributed by atoms with Crippen LogP contribution in [0.1, 0.15) is 106 Å². The van der Waals surface area contributed by atoms with Crippen molar-refractivity contribution < 1.29 is 19.8 Å². The second-order valence-corrected chi connectivity index (χ2v) is 14.1. The van der Waals surface area contributed by atoms with Gasteiger partial charge in [-0.15, -0.1) is 23.5 Å². The van der Waals surface area contributed by atoms with Gasteiger partial charge in [-0.3, -0.25) is 9.59 Å². The molecule has 0 saturated heterocycles. The third-order valence-electron chi connectivity index (χ3n) is 8.70. The van der Waals surface area contributed by atoms with Crippen molar-refractivity contribution in [2.24, 2.45) is 0 Å². The van der Waals surface area contributed by atoms with E-state index in [1.54, 1.807) is 35.7 Å². The Kier molecular flexibility index (Phi) is 13.4. The molecule has 2 N–H and O–H groups in total. The maximum Gasteiger partial charge on any atom is 0.185 e. The Labute approximate surface area is 294 Å². The van der Waals surface area contributed by atoms with Crippen LogP contribution in [0.3, 0.4) is 0 Å². The first-order valence-corrected chi connectivity index (χ1v) is 18.9. The minimum absolute atomic E-state index is 0.0524. The van der Waals surface area contributed by atoms with E-state index in [1.807, 2.05) is 104 Å². The summed E-state index contributed by atoms with van der Waals surface area (Å²) in [6.07, 6.45) is 13.8. The zero-order valence-corrected chi connectivity index (χ0v) is 30.4. The number of aromatic hydroxyl groups is 2. The molecule has 0 aromatic heterocycles. The third-order valence-corrected chi connectivity index (χ3v) is 10.2. The summed E-state index contributed by atoms with van der Waals surface area (Å²) in [5, 5.41) is 22.3. The fourth-order valence-electron chi connectivity index (χ4n) is 5.76. The summed E-state index contributed by atoms with van der Waals surface area (Å²) in [4.78, 5) is 27.9. The molecule has 6 heteroatoms. The molecule has 0 fully saturated rings. The van der Waals surface area contributed by atoms with Gasteiger partial charge in [0.1, 0.15) is 11.5 Å². The average Bonchev–Trinajstić information content (AvgIpc) is 3.10. The van der Waals surface area contributed by atoms with Crippen LogP contribution in [-0.4, -0.2) is 34.3 Å². The minimum Gasteiger partial charge on any atom is -0.507 e. The Bertz CT molecular complexity index is 1780. The molecule has 0 aliphatic carbocycles. The Balaban J connectivity index is 1.48. The molecule has 0 heterocycles. The standard InChI is InChI=1S/C42H46O4S2/c1-7-31-23-29(11-21-39(43)32-13-17-35(47-5)18-14-32)24-34(41(31)45)10-8-9-28(4)38-26-30(25-37(27(2)3)42(38)46)12-22-40(44)33-15-19-36(48-6)20-16-33/h11-28,45-46H,7-10H2,1-6H3. The average molecular weight is 679 g/mol. The maximum absolute atomic E-state index is 12.9. The van der Waals surface area contributed by atoms with Crippen molar-refractivity contribution in [1.29, 1.82) is 0 Å². The largest absolute Gasteiger partial charge is 0.507 e. The van der Waals surface area contributed by atoms with Crippen molar-refractivity contribution in [3.8, 4) is 11.5 Å². The first kappa shape index (κ1) is 36.8. The number of hydrogen-bond acceptors (Lipinski definition) is 6. The Morgan fingerprint density at radius 2 is 1.17 bits per heavy atom. The topological polar surface area (TPSA) is 74.6 Å². The lowest BCUT2D eigenvalue weighted by atomic mass is 9.87. The molecule has 4 aromatic carbocycles. The normalized spacial score (nSPS) is 12.3. The molecule has 1 unspecified atom stereocenters. The van der Waals surface area contributed by atoms with Crippen LogP contribution in [0, 0.1) is 0 Å². The van der Waals surface area contributed by atoms with Gasteiger partial charge in [0.15, 0.2) is 11.6 Å². The van der Waals surface area contributed by atoms with E-state index >= 15 is 0 Å². The molecule has 0 aliphatic rings. The van der Waals surface area contributed by atoms with Crippen molar-refractivity contribution >= 4 is 47.2 Å². The predicted octanol–water partition coefficient (Wildman–Crippen LogP) is 11.1. The van der Waals surface area contributed by atoms with E-state index in [9.17, 15) is 19.8 Å². The van der Waals surface area contributed by atoms with Crippen LogP contribution in [0.25, 0.3) is 12.2 Å². The quantitative estimate of drug-likeness (QED) is 0.0740. The number of rotatable bonds is 15. The SMILES string of the molecule is CCc1cc(C=CC(=O)c2ccc(SC)cc2)cc(CCCC(C)c2cc(C=CC(=O)c3ccc(SC)cc3)cc(C(C)C)c2O)c1O. The summed E-state index contributed by atoms with van der Waals surface area (Å²) in [5.74, 6) is 0.665. The first-order chi connectivity index (χ1) is 23.0. The van der Waals surface area contributed by atoms with Crippen LogP contribution in [0.2, 0.25) is 0 Å². The summed E-state index contributed by atoms with van der Waals surface area (Å²) in [6.45, 7) is 8.23. The van der Waals surface area contributed by atoms with E-state index in [-0.39, 0.29) is 23.4 Å². The Morgan fingerprint density at radius 3 is 1.65 bits per heavy atom. The predicted molar refractivity (Wildman–Crippen MR) is 204 cm³/mol. The van der Waals surface area contributed by atoms with E-state index in [0.717, 1.165) is 56.0 Å². The second kappa shape index (κ2) is 17.4. The minimum atomic E-state index is -0.0612. The highest BCUT2D eigenvalue weighted by Gasteiger charge is 2.18. The molecule has 4 nitrogen and oxygen atoms in total. The lowest BCUT2D eigenvalue weighted by Gasteiger charge is -2.19. The van der Waals surface area contributed by atoms with E-state index in [2.05, 4.69) is 20.8 Å². The van der Waals surface area contributed by atoms with Crippen molar-refractivity contribution in [2.75, 3.05) is 12.5 Å². The zero-order valence-electron chi connectivity index (χ0n) is 28.7. The molecule has 48 heavy (non-hydrogen) atoms. The van der Waals surface area contributed by atoms with E-state index in [4.69, 9.17) is 0 Å². The molecular weight excluding hydrogens is 633 g/mol. The van der Waals surface area contributed by atoms with Crippen LogP contribution >= 0.6 is 23.5 Å². The lowest BCUT2D eigenvalue weighted by molar-refractivity contribution is 0.103. The summed E-state index contributed by atoms with van der Waals surface area (Å²) < 4.78 is 0. The van der Waals surface area contributed by atoms with E-state index < -0.39 is 0 Å². The number of aryl methyl sites for hydroxylation is 2. The third kappa shape index (κ3) is 9.55. The number of allylic oxidation sites excluding steroid dienone is 2. The van der Waals surface area contributed by atoms with Gasteiger partial charge in [-0.1, -0.05) is 39.8 Å². The van der Waals surface area contributed by atoms with Crippen LogP contribution in [-0.2, 0) is 12.8 Å². The van der Waals surface area contributed by atoms with Gasteiger partial charge in [0.05, 0.1) is 0 Å². The molecule has 250 valence electrons. The number of ketones is 2. The van der Waals surface area contributed by atoms with Crippen LogP contribution < -0.4 is 0 Å². The highest BCUT2D eigenvalue weighted by Crippen LogP contribution is 2.38. The Hall–Kier alpha value is -4.00. The molecule has 0 amide bonds. The fraction of sp³-hybridized carbons (Fsp3) is 0.286. The molecule has 0 bridgehead atoms. The van der Waals surface area contributed by atoms with Crippen LogP contribution in [0.15, 0.2) is 94.7 Å². The first-order valence-electron chi connectivity index (χ1n) is 16.5. The van der Waals surface area contributed by atoms with Crippen LogP contribution in [0.4, 0.5) is 0 Å². The molecule has 4 aromatic rings. The molecular formula is C42H46O4S2. The molecule has 0 saturated carbocycles. The highest BCUT2D eigenvalue weighted by molar-refractivity contribution is 7.98. The monoisotopic (exact) mass is 678 g/mol. The summed E-state index contributed by atoms with van der Waals surface area (Å²) in [7, 11) is 0. The molecule has 0 aliphatic heterocycles. The van der Waals surface area contributed by atoms with Gasteiger partial charge in [0, 0.05) is 20.9 Å². The van der Waals surface area contributed by atoms with Gasteiger partial charge in [-0.2, -0.15) is 0 Å². The summed E-state index contributed by atoms with van der Waals surface area (Å²) in [5.41, 5.74) is 6.47. The molecule has 0 spiro atoms. The van der Waals surface area contributed by atoms with Crippen molar-refractivity contribution in [2.45, 2.75) is 75.0 Å². The number of hydrogen-bond donors (Lipinski definition) is 2. The molecule has 4 rings (SSSR count). The number of phenolic OH excluding ortho intramolecular Hbond substituents is 2. The number of carbonyl (C=O) groups excluding carboxylic acids is 2. The van der Waals surface area contributed by atoms with Gasteiger partial charge in [-0.05, 0) is 168 Å². The van der Waals surface area contributed by atoms with Gasteiger partial charge < -0.3 is 10.2 Å². The zero-order chi connectivity index (χ0) is 34.8. The number of carbonyl (C=O) groups is 2. The highest BCUT2D eigenvalue weighted by atomic mass is 32.2. The van der Waals surface area contributed by atoms with E-state index in [1.165, 1.54) is 0 Å². The van der Waals surface area contributed by atoms with Crippen molar-refractivity contribution in [3.05, 3.63) is 129 Å². The van der Waals surface area contributed by atoms with Gasteiger partial charge in [-0.25, -0.2) is 0 Å². The van der Waals surface area contributed by atoms with E-state index in [0.29, 0.717) is 35.5 Å².